The van der Waals surface area contributed by atoms with Crippen LogP contribution in [0.2, 0.25) is 13.1 Å². The average Bonchev–Trinajstić information content (AvgIpc) is 1.88. The van der Waals surface area contributed by atoms with Crippen LogP contribution in [0.4, 0.5) is 0 Å². The minimum Gasteiger partial charge on any atom is -0.380 e. The summed E-state index contributed by atoms with van der Waals surface area (Å²) in [5.74, 6) is 0. The third kappa shape index (κ3) is 2.26. The van der Waals surface area contributed by atoms with E-state index in [1.165, 1.54) is 19.3 Å². The molecule has 1 nitrogen and oxygen atoms in total. The van der Waals surface area contributed by atoms with Crippen molar-refractivity contribution in [3.63, 3.8) is 0 Å². The second-order valence-electron chi connectivity index (χ2n) is 3.42. The topological polar surface area (TPSA) is 9.23 Å². The Labute approximate surface area is 68.4 Å². The maximum atomic E-state index is 6.23. The summed E-state index contributed by atoms with van der Waals surface area (Å²) in [6, 6.07) is 0. The highest BCUT2D eigenvalue weighted by Crippen LogP contribution is 2.24. The first-order chi connectivity index (χ1) is 4.61. The molecule has 0 saturated carbocycles. The van der Waals surface area contributed by atoms with Crippen molar-refractivity contribution in [3.05, 3.63) is 0 Å². The summed E-state index contributed by atoms with van der Waals surface area (Å²) in [5, 5.41) is 0. The van der Waals surface area contributed by atoms with Crippen molar-refractivity contribution in [3.8, 4) is 0 Å². The Morgan fingerprint density at radius 3 is 2.40 bits per heavy atom. The average molecular weight is 179 g/mol. The number of hydrogen-bond donors (Lipinski definition) is 0. The van der Waals surface area contributed by atoms with Gasteiger partial charge in [0.05, 0.1) is 5.73 Å². The van der Waals surface area contributed by atoms with Crippen LogP contribution in [0.15, 0.2) is 0 Å². The fourth-order valence-corrected chi connectivity index (χ4v) is 3.20. The summed E-state index contributed by atoms with van der Waals surface area (Å²) in [6.07, 6.45) is 3.70. The lowest BCUT2D eigenvalue weighted by Gasteiger charge is -2.29. The Bertz CT molecular complexity index is 105. The van der Waals surface area contributed by atoms with Crippen molar-refractivity contribution < 1.29 is 4.74 Å². The summed E-state index contributed by atoms with van der Waals surface area (Å²) in [6.45, 7) is 5.24. The third-order valence-electron chi connectivity index (χ3n) is 1.95. The van der Waals surface area contributed by atoms with Gasteiger partial charge in [-0.2, -0.15) is 11.1 Å². The summed E-state index contributed by atoms with van der Waals surface area (Å²) in [5.41, 5.74) is 0.405. The normalized spacial score (nSPS) is 28.5. The highest BCUT2D eigenvalue weighted by Gasteiger charge is 2.31. The Balaban J connectivity index is 2.39. The highest BCUT2D eigenvalue weighted by atomic mass is 35.6. The molecule has 1 fully saturated rings. The van der Waals surface area contributed by atoms with Crippen molar-refractivity contribution in [2.45, 2.75) is 38.1 Å². The van der Waals surface area contributed by atoms with Gasteiger partial charge in [-0.15, -0.1) is 0 Å². The van der Waals surface area contributed by atoms with Crippen LogP contribution in [0.25, 0.3) is 0 Å². The predicted molar refractivity (Wildman–Crippen MR) is 46.9 cm³/mol. The molecule has 0 amide bonds. The number of ether oxygens (including phenoxy) is 1. The summed E-state index contributed by atoms with van der Waals surface area (Å²) >= 11 is 6.23. The molecule has 0 aromatic carbocycles. The molecule has 0 bridgehead atoms. The van der Waals surface area contributed by atoms with Crippen LogP contribution < -0.4 is 0 Å². The molecule has 10 heavy (non-hydrogen) atoms. The van der Waals surface area contributed by atoms with Crippen LogP contribution in [0.3, 0.4) is 0 Å². The summed E-state index contributed by atoms with van der Waals surface area (Å²) < 4.78 is 5.57. The first-order valence-electron chi connectivity index (χ1n) is 3.91. The molecule has 0 aliphatic carbocycles. The zero-order valence-corrected chi connectivity index (χ0v) is 8.45. The third-order valence-corrected chi connectivity index (χ3v) is 4.66. The first-order valence-corrected chi connectivity index (χ1v) is 8.00. The van der Waals surface area contributed by atoms with Crippen molar-refractivity contribution in [2.75, 3.05) is 6.61 Å². The van der Waals surface area contributed by atoms with E-state index in [9.17, 15) is 0 Å². The first kappa shape index (κ1) is 8.56. The molecule has 1 unspecified atom stereocenters. The van der Waals surface area contributed by atoms with E-state index < -0.39 is 7.38 Å². The molecule has 3 heteroatoms. The zero-order valence-electron chi connectivity index (χ0n) is 6.69. The largest absolute Gasteiger partial charge is 0.380 e. The van der Waals surface area contributed by atoms with Gasteiger partial charge in [-0.25, -0.2) is 0 Å². The van der Waals surface area contributed by atoms with Crippen LogP contribution in [0.5, 0.6) is 0 Å². The monoisotopic (exact) mass is 178 g/mol. The van der Waals surface area contributed by atoms with E-state index in [-0.39, 0.29) is 0 Å². The summed E-state index contributed by atoms with van der Waals surface area (Å²) in [4.78, 5) is 0. The lowest BCUT2D eigenvalue weighted by molar-refractivity contribution is 0.0620. The van der Waals surface area contributed by atoms with E-state index in [1.54, 1.807) is 0 Å². The van der Waals surface area contributed by atoms with Gasteiger partial charge in [0.2, 0.25) is 0 Å². The van der Waals surface area contributed by atoms with Gasteiger partial charge < -0.3 is 4.74 Å². The number of halogens is 1. The Morgan fingerprint density at radius 2 is 2.10 bits per heavy atom. The van der Waals surface area contributed by atoms with Gasteiger partial charge in [-0.1, -0.05) is 13.1 Å². The van der Waals surface area contributed by atoms with Crippen molar-refractivity contribution in [2.24, 2.45) is 0 Å². The maximum absolute atomic E-state index is 6.23. The lowest BCUT2D eigenvalue weighted by atomic mass is 10.2. The van der Waals surface area contributed by atoms with E-state index in [2.05, 4.69) is 13.1 Å². The molecule has 1 rings (SSSR count). The molecule has 0 spiro atoms. The molecule has 1 aliphatic rings. The molecule has 0 aromatic heterocycles. The zero-order chi connectivity index (χ0) is 7.61. The smallest absolute Gasteiger partial charge is 0.180 e. The molecule has 60 valence electrons. The van der Waals surface area contributed by atoms with Crippen LogP contribution in [-0.2, 0) is 4.74 Å². The van der Waals surface area contributed by atoms with E-state index >= 15 is 0 Å². The molecule has 1 heterocycles. The molecule has 1 aliphatic heterocycles. The Hall–Kier alpha value is 0.467. The Kier molecular flexibility index (Phi) is 2.78. The van der Waals surface area contributed by atoms with Gasteiger partial charge in [0.1, 0.15) is 0 Å². The quantitative estimate of drug-likeness (QED) is 0.443. The molecular formula is C7H15ClOSi. The fraction of sp³-hybridized carbons (Fsp3) is 1.00. The van der Waals surface area contributed by atoms with Gasteiger partial charge in [0.15, 0.2) is 7.38 Å². The predicted octanol–water partition coefficient (Wildman–Crippen LogP) is 2.54. The van der Waals surface area contributed by atoms with Crippen molar-refractivity contribution in [1.29, 1.82) is 0 Å². The molecule has 1 saturated heterocycles. The van der Waals surface area contributed by atoms with Gasteiger partial charge in [-0.3, -0.25) is 0 Å². The van der Waals surface area contributed by atoms with Gasteiger partial charge in [0, 0.05) is 6.61 Å². The second kappa shape index (κ2) is 3.24. The molecule has 0 N–H and O–H groups in total. The van der Waals surface area contributed by atoms with E-state index in [4.69, 9.17) is 15.8 Å². The van der Waals surface area contributed by atoms with Gasteiger partial charge in [-0.05, 0) is 19.3 Å². The van der Waals surface area contributed by atoms with Crippen LogP contribution >= 0.6 is 11.1 Å². The standard InChI is InChI=1S/C7H15ClOSi/c1-10(2,8)7-5-3-4-6-9-7/h7H,3-6H2,1-2H3. The lowest BCUT2D eigenvalue weighted by Crippen LogP contribution is -2.40. The Morgan fingerprint density at radius 1 is 1.40 bits per heavy atom. The van der Waals surface area contributed by atoms with Crippen LogP contribution in [0, 0.1) is 0 Å². The van der Waals surface area contributed by atoms with Gasteiger partial charge >= 0.3 is 0 Å². The van der Waals surface area contributed by atoms with Crippen molar-refractivity contribution >= 4 is 18.5 Å². The van der Waals surface area contributed by atoms with Crippen LogP contribution in [-0.4, -0.2) is 19.7 Å². The van der Waals surface area contributed by atoms with E-state index in [0.29, 0.717) is 5.73 Å². The maximum Gasteiger partial charge on any atom is 0.180 e. The van der Waals surface area contributed by atoms with Crippen LogP contribution in [0.1, 0.15) is 19.3 Å². The molecule has 1 atom stereocenters. The summed E-state index contributed by atoms with van der Waals surface area (Å²) in [7, 11) is -1.51. The minimum atomic E-state index is -1.51. The van der Waals surface area contributed by atoms with Crippen molar-refractivity contribution in [1.82, 2.24) is 0 Å². The molecule has 0 radical (unpaired) electrons. The number of rotatable bonds is 1. The van der Waals surface area contributed by atoms with E-state index in [1.807, 2.05) is 0 Å². The highest BCUT2D eigenvalue weighted by molar-refractivity contribution is 7.19. The van der Waals surface area contributed by atoms with Gasteiger partial charge in [0.25, 0.3) is 0 Å². The molecular weight excluding hydrogens is 164 g/mol. The number of hydrogen-bond acceptors (Lipinski definition) is 1. The SMILES string of the molecule is C[Si](C)(Cl)C1CCCCO1. The second-order valence-corrected chi connectivity index (χ2v) is 10.1. The van der Waals surface area contributed by atoms with E-state index in [0.717, 1.165) is 6.61 Å². The fourth-order valence-electron chi connectivity index (χ4n) is 1.28. The molecule has 0 aromatic rings. The minimum absolute atomic E-state index is 0.405.